The first-order valence-corrected chi connectivity index (χ1v) is 7.01. The molecule has 0 aliphatic rings. The van der Waals surface area contributed by atoms with Crippen LogP contribution in [0.1, 0.15) is 5.69 Å². The lowest BCUT2D eigenvalue weighted by molar-refractivity contribution is 0.628. The lowest BCUT2D eigenvalue weighted by Gasteiger charge is -2.12. The van der Waals surface area contributed by atoms with Crippen LogP contribution >= 0.6 is 11.6 Å². The molecule has 0 radical (unpaired) electrons. The van der Waals surface area contributed by atoms with Crippen molar-refractivity contribution in [1.29, 1.82) is 0 Å². The van der Waals surface area contributed by atoms with E-state index in [2.05, 4.69) is 4.98 Å². The molecule has 0 fully saturated rings. The molecule has 0 unspecified atom stereocenters. The van der Waals surface area contributed by atoms with E-state index in [4.69, 9.17) is 11.6 Å². The molecule has 0 spiro atoms. The fourth-order valence-electron chi connectivity index (χ4n) is 2.35. The number of nitrogens with zero attached hydrogens (tertiary/aromatic N) is 1. The standard InChI is InChI=1S/C18H13ClFN/c1-12-17(14-7-9-15(20)10-8-14)18(19)16(11-21-12)13-5-3-2-4-6-13/h2-11H,1H3. The zero-order valence-electron chi connectivity index (χ0n) is 11.5. The zero-order chi connectivity index (χ0) is 14.8. The maximum atomic E-state index is 13.1. The van der Waals surface area contributed by atoms with Gasteiger partial charge in [0.05, 0.1) is 5.02 Å². The van der Waals surface area contributed by atoms with Crippen molar-refractivity contribution in [3.63, 3.8) is 0 Å². The number of aryl methyl sites for hydroxylation is 1. The normalized spacial score (nSPS) is 10.6. The highest BCUT2D eigenvalue weighted by molar-refractivity contribution is 6.36. The molecule has 0 aliphatic heterocycles. The summed E-state index contributed by atoms with van der Waals surface area (Å²) in [5, 5.41) is 0.639. The van der Waals surface area contributed by atoms with E-state index in [1.807, 2.05) is 37.3 Å². The summed E-state index contributed by atoms with van der Waals surface area (Å²) in [5.41, 5.74) is 4.43. The fourth-order valence-corrected chi connectivity index (χ4v) is 2.75. The van der Waals surface area contributed by atoms with Gasteiger partial charge in [0.15, 0.2) is 0 Å². The molecule has 0 atom stereocenters. The van der Waals surface area contributed by atoms with Crippen molar-refractivity contribution >= 4 is 11.6 Å². The molecule has 104 valence electrons. The summed E-state index contributed by atoms with van der Waals surface area (Å²) in [6.45, 7) is 1.90. The Kier molecular flexibility index (Phi) is 3.72. The van der Waals surface area contributed by atoms with Gasteiger partial charge in [0.2, 0.25) is 0 Å². The maximum Gasteiger partial charge on any atom is 0.123 e. The predicted octanol–water partition coefficient (Wildman–Crippen LogP) is 5.52. The molecule has 2 aromatic carbocycles. The van der Waals surface area contributed by atoms with Crippen LogP contribution in [-0.4, -0.2) is 4.98 Å². The minimum atomic E-state index is -0.264. The SMILES string of the molecule is Cc1ncc(-c2ccccc2)c(Cl)c1-c1ccc(F)cc1. The summed E-state index contributed by atoms with van der Waals surface area (Å²) in [6, 6.07) is 16.2. The van der Waals surface area contributed by atoms with E-state index in [1.165, 1.54) is 12.1 Å². The Morgan fingerprint density at radius 2 is 1.57 bits per heavy atom. The molecular weight excluding hydrogens is 285 g/mol. The van der Waals surface area contributed by atoms with Crippen molar-refractivity contribution in [1.82, 2.24) is 4.98 Å². The average molecular weight is 298 g/mol. The van der Waals surface area contributed by atoms with Gasteiger partial charge in [0.1, 0.15) is 5.82 Å². The summed E-state index contributed by atoms with van der Waals surface area (Å²) in [7, 11) is 0. The Hall–Kier alpha value is -2.19. The molecule has 0 N–H and O–H groups in total. The summed E-state index contributed by atoms with van der Waals surface area (Å²) >= 11 is 6.59. The second-order valence-electron chi connectivity index (χ2n) is 4.82. The van der Waals surface area contributed by atoms with Gasteiger partial charge < -0.3 is 0 Å². The number of halogens is 2. The van der Waals surface area contributed by atoms with Crippen LogP contribution in [0.15, 0.2) is 60.8 Å². The van der Waals surface area contributed by atoms with Gasteiger partial charge in [-0.25, -0.2) is 4.39 Å². The van der Waals surface area contributed by atoms with Gasteiger partial charge in [-0.15, -0.1) is 0 Å². The van der Waals surface area contributed by atoms with Crippen molar-refractivity contribution in [3.05, 3.63) is 77.3 Å². The van der Waals surface area contributed by atoms with Crippen LogP contribution in [-0.2, 0) is 0 Å². The van der Waals surface area contributed by atoms with E-state index in [9.17, 15) is 4.39 Å². The van der Waals surface area contributed by atoms with Crippen molar-refractivity contribution in [3.8, 4) is 22.3 Å². The summed E-state index contributed by atoms with van der Waals surface area (Å²) in [6.07, 6.45) is 1.78. The van der Waals surface area contributed by atoms with Gasteiger partial charge in [-0.2, -0.15) is 0 Å². The third kappa shape index (κ3) is 2.67. The molecule has 0 saturated carbocycles. The third-order valence-corrected chi connectivity index (χ3v) is 3.82. The quantitative estimate of drug-likeness (QED) is 0.607. The van der Waals surface area contributed by atoms with Crippen LogP contribution in [0.25, 0.3) is 22.3 Å². The molecule has 1 aromatic heterocycles. The molecule has 21 heavy (non-hydrogen) atoms. The number of aromatic nitrogens is 1. The lowest BCUT2D eigenvalue weighted by Crippen LogP contribution is -1.92. The van der Waals surface area contributed by atoms with E-state index in [0.717, 1.165) is 27.9 Å². The third-order valence-electron chi connectivity index (χ3n) is 3.42. The number of hydrogen-bond acceptors (Lipinski definition) is 1. The largest absolute Gasteiger partial charge is 0.260 e. The maximum absolute atomic E-state index is 13.1. The van der Waals surface area contributed by atoms with Crippen LogP contribution in [0.5, 0.6) is 0 Å². The van der Waals surface area contributed by atoms with E-state index in [1.54, 1.807) is 18.3 Å². The molecule has 0 amide bonds. The molecule has 0 bridgehead atoms. The summed E-state index contributed by atoms with van der Waals surface area (Å²) < 4.78 is 13.1. The molecule has 3 rings (SSSR count). The van der Waals surface area contributed by atoms with Gasteiger partial charge in [-0.05, 0) is 30.2 Å². The molecule has 3 heteroatoms. The van der Waals surface area contributed by atoms with Gasteiger partial charge in [0, 0.05) is 23.0 Å². The summed E-state index contributed by atoms with van der Waals surface area (Å²) in [5.74, 6) is -0.264. The fraction of sp³-hybridized carbons (Fsp3) is 0.0556. The monoisotopic (exact) mass is 297 g/mol. The number of benzene rings is 2. The van der Waals surface area contributed by atoms with Gasteiger partial charge in [-0.3, -0.25) is 4.98 Å². The van der Waals surface area contributed by atoms with Crippen molar-refractivity contribution in [2.45, 2.75) is 6.92 Å². The Labute approximate surface area is 128 Å². The van der Waals surface area contributed by atoms with E-state index < -0.39 is 0 Å². The molecule has 1 heterocycles. The Morgan fingerprint density at radius 3 is 2.24 bits per heavy atom. The second-order valence-corrected chi connectivity index (χ2v) is 5.20. The summed E-state index contributed by atoms with van der Waals surface area (Å²) in [4.78, 5) is 4.44. The number of pyridine rings is 1. The van der Waals surface area contributed by atoms with E-state index in [0.29, 0.717) is 5.02 Å². The molecule has 0 aliphatic carbocycles. The minimum absolute atomic E-state index is 0.264. The van der Waals surface area contributed by atoms with Gasteiger partial charge in [-0.1, -0.05) is 54.1 Å². The van der Waals surface area contributed by atoms with Crippen LogP contribution in [0.4, 0.5) is 4.39 Å². The van der Waals surface area contributed by atoms with E-state index in [-0.39, 0.29) is 5.82 Å². The molecule has 1 nitrogen and oxygen atoms in total. The van der Waals surface area contributed by atoms with Crippen molar-refractivity contribution in [2.24, 2.45) is 0 Å². The Balaban J connectivity index is 2.19. The van der Waals surface area contributed by atoms with Gasteiger partial charge in [0.25, 0.3) is 0 Å². The van der Waals surface area contributed by atoms with E-state index >= 15 is 0 Å². The average Bonchev–Trinajstić information content (AvgIpc) is 2.50. The highest BCUT2D eigenvalue weighted by atomic mass is 35.5. The highest BCUT2D eigenvalue weighted by Gasteiger charge is 2.13. The first kappa shape index (κ1) is 13.8. The smallest absolute Gasteiger partial charge is 0.123 e. The van der Waals surface area contributed by atoms with Crippen LogP contribution in [0.2, 0.25) is 5.02 Å². The lowest BCUT2D eigenvalue weighted by atomic mass is 9.99. The van der Waals surface area contributed by atoms with Gasteiger partial charge >= 0.3 is 0 Å². The van der Waals surface area contributed by atoms with Crippen molar-refractivity contribution in [2.75, 3.05) is 0 Å². The highest BCUT2D eigenvalue weighted by Crippen LogP contribution is 2.37. The Morgan fingerprint density at radius 1 is 0.905 bits per heavy atom. The predicted molar refractivity (Wildman–Crippen MR) is 84.8 cm³/mol. The molecular formula is C18H13ClFN. The first-order valence-electron chi connectivity index (χ1n) is 6.63. The molecule has 0 saturated heterocycles. The number of hydrogen-bond donors (Lipinski definition) is 0. The Bertz CT molecular complexity index is 767. The first-order chi connectivity index (χ1) is 10.2. The van der Waals surface area contributed by atoms with Crippen LogP contribution < -0.4 is 0 Å². The van der Waals surface area contributed by atoms with Crippen molar-refractivity contribution < 1.29 is 4.39 Å². The topological polar surface area (TPSA) is 12.9 Å². The van der Waals surface area contributed by atoms with Crippen LogP contribution in [0, 0.1) is 12.7 Å². The zero-order valence-corrected chi connectivity index (χ0v) is 12.2. The number of rotatable bonds is 2. The second kappa shape index (κ2) is 5.66. The van der Waals surface area contributed by atoms with Crippen LogP contribution in [0.3, 0.4) is 0 Å². The minimum Gasteiger partial charge on any atom is -0.260 e. The molecule has 3 aromatic rings.